The average Bonchev–Trinajstić information content (AvgIpc) is 2.43. The maximum Gasteiger partial charge on any atom is 0.335 e. The van der Waals surface area contributed by atoms with E-state index in [2.05, 4.69) is 10.6 Å². The second-order valence-electron chi connectivity index (χ2n) is 4.12. The molecule has 0 bridgehead atoms. The Kier molecular flexibility index (Phi) is 4.30. The van der Waals surface area contributed by atoms with Crippen molar-refractivity contribution in [3.05, 3.63) is 53.1 Å². The molecule has 2 rings (SSSR count). The number of hydrogen-bond donors (Lipinski definition) is 4. The van der Waals surface area contributed by atoms with E-state index in [-0.39, 0.29) is 17.0 Å². The molecule has 0 unspecified atom stereocenters. The molecule has 0 atom stereocenters. The second-order valence-corrected chi connectivity index (χ2v) is 4.56. The maximum atomic E-state index is 11.8. The Morgan fingerprint density at radius 3 is 2.29 bits per heavy atom. The Morgan fingerprint density at radius 1 is 1.00 bits per heavy atom. The zero-order valence-electron chi connectivity index (χ0n) is 10.6. The minimum atomic E-state index is -1.16. The topological polar surface area (TPSA) is 98.7 Å². The van der Waals surface area contributed by atoms with Crippen molar-refractivity contribution in [2.45, 2.75) is 0 Å². The third-order valence-electron chi connectivity index (χ3n) is 2.59. The number of phenols is 1. The van der Waals surface area contributed by atoms with E-state index in [1.54, 1.807) is 24.3 Å². The molecule has 0 aliphatic heterocycles. The fraction of sp³-hybridized carbons (Fsp3) is 0. The first kappa shape index (κ1) is 14.7. The molecule has 21 heavy (non-hydrogen) atoms. The number of aromatic hydroxyl groups is 1. The van der Waals surface area contributed by atoms with E-state index in [1.165, 1.54) is 18.2 Å². The average molecular weight is 307 g/mol. The number of urea groups is 1. The van der Waals surface area contributed by atoms with Crippen LogP contribution in [-0.4, -0.2) is 22.2 Å². The van der Waals surface area contributed by atoms with Crippen molar-refractivity contribution >= 4 is 35.0 Å². The molecule has 4 N–H and O–H groups in total. The van der Waals surface area contributed by atoms with Gasteiger partial charge in [-0.1, -0.05) is 11.6 Å². The number of phenolic OH excluding ortho intramolecular Hbond substituents is 1. The number of benzene rings is 2. The van der Waals surface area contributed by atoms with Gasteiger partial charge in [-0.05, 0) is 42.5 Å². The molecular formula is C14H11ClN2O4. The minimum Gasteiger partial charge on any atom is -0.506 e. The molecule has 7 heteroatoms. The Balaban J connectivity index is 2.10. The molecule has 2 amide bonds. The van der Waals surface area contributed by atoms with Crippen LogP contribution in [0.15, 0.2) is 42.5 Å². The number of nitrogens with one attached hydrogen (secondary N) is 2. The number of amides is 2. The molecular weight excluding hydrogens is 296 g/mol. The van der Waals surface area contributed by atoms with Gasteiger partial charge in [-0.2, -0.15) is 0 Å². The Morgan fingerprint density at radius 2 is 1.67 bits per heavy atom. The molecule has 6 nitrogen and oxygen atoms in total. The van der Waals surface area contributed by atoms with Crippen LogP contribution >= 0.6 is 11.6 Å². The summed E-state index contributed by atoms with van der Waals surface area (Å²) < 4.78 is 0. The summed E-state index contributed by atoms with van der Waals surface area (Å²) in [5, 5.41) is 23.9. The molecule has 0 radical (unpaired) electrons. The van der Waals surface area contributed by atoms with E-state index in [9.17, 15) is 14.7 Å². The van der Waals surface area contributed by atoms with Gasteiger partial charge in [0.1, 0.15) is 5.75 Å². The molecule has 0 aliphatic carbocycles. The summed E-state index contributed by atoms with van der Waals surface area (Å²) in [5.41, 5.74) is 0.460. The fourth-order valence-electron chi connectivity index (χ4n) is 1.59. The third-order valence-corrected chi connectivity index (χ3v) is 2.85. The molecule has 108 valence electrons. The highest BCUT2D eigenvalue weighted by Gasteiger charge is 2.10. The lowest BCUT2D eigenvalue weighted by atomic mass is 10.2. The first-order valence-corrected chi connectivity index (χ1v) is 6.23. The molecule has 0 heterocycles. The standard InChI is InChI=1S/C14H11ClN2O4/c15-9-2-4-10(5-3-9)16-14(21)17-11-7-8(13(19)20)1-6-12(11)18/h1-7,18H,(H,19,20)(H2,16,17,21). The van der Waals surface area contributed by atoms with Crippen molar-refractivity contribution in [2.75, 3.05) is 10.6 Å². The number of hydrogen-bond acceptors (Lipinski definition) is 3. The van der Waals surface area contributed by atoms with Gasteiger partial charge < -0.3 is 20.8 Å². The van der Waals surface area contributed by atoms with Gasteiger partial charge in [-0.25, -0.2) is 9.59 Å². The molecule has 2 aromatic rings. The molecule has 0 saturated carbocycles. The van der Waals surface area contributed by atoms with Crippen LogP contribution in [0.4, 0.5) is 16.2 Å². The second kappa shape index (κ2) is 6.15. The van der Waals surface area contributed by atoms with Gasteiger partial charge in [-0.3, -0.25) is 0 Å². The number of halogens is 1. The first-order valence-electron chi connectivity index (χ1n) is 5.85. The van der Waals surface area contributed by atoms with Gasteiger partial charge in [0.15, 0.2) is 0 Å². The molecule has 2 aromatic carbocycles. The van der Waals surface area contributed by atoms with Gasteiger partial charge in [0.2, 0.25) is 0 Å². The van der Waals surface area contributed by atoms with Crippen LogP contribution in [-0.2, 0) is 0 Å². The number of aromatic carboxylic acids is 1. The minimum absolute atomic E-state index is 0.00126. The summed E-state index contributed by atoms with van der Waals surface area (Å²) in [4.78, 5) is 22.6. The summed E-state index contributed by atoms with van der Waals surface area (Å²) in [6.45, 7) is 0. The van der Waals surface area contributed by atoms with E-state index in [0.717, 1.165) is 0 Å². The summed E-state index contributed by atoms with van der Waals surface area (Å²) in [7, 11) is 0. The smallest absolute Gasteiger partial charge is 0.335 e. The fourth-order valence-corrected chi connectivity index (χ4v) is 1.71. The van der Waals surface area contributed by atoms with Gasteiger partial charge in [-0.15, -0.1) is 0 Å². The highest BCUT2D eigenvalue weighted by Crippen LogP contribution is 2.24. The van der Waals surface area contributed by atoms with Crippen LogP contribution in [0.25, 0.3) is 0 Å². The summed E-state index contributed by atoms with van der Waals surface area (Å²) >= 11 is 5.73. The number of anilines is 2. The van der Waals surface area contributed by atoms with Gasteiger partial charge in [0.05, 0.1) is 11.3 Å². The lowest BCUT2D eigenvalue weighted by Crippen LogP contribution is -2.19. The first-order chi connectivity index (χ1) is 9.95. The third kappa shape index (κ3) is 3.87. The number of rotatable bonds is 3. The predicted octanol–water partition coefficient (Wildman–Crippen LogP) is 3.39. The number of carbonyl (C=O) groups excluding carboxylic acids is 1. The highest BCUT2D eigenvalue weighted by atomic mass is 35.5. The molecule has 0 aromatic heterocycles. The zero-order valence-corrected chi connectivity index (χ0v) is 11.4. The molecule has 0 fully saturated rings. The quantitative estimate of drug-likeness (QED) is 0.653. The highest BCUT2D eigenvalue weighted by molar-refractivity contribution is 6.30. The van der Waals surface area contributed by atoms with Crippen molar-refractivity contribution in [1.82, 2.24) is 0 Å². The Bertz CT molecular complexity index is 686. The van der Waals surface area contributed by atoms with Crippen LogP contribution in [0, 0.1) is 0 Å². The zero-order chi connectivity index (χ0) is 15.4. The van der Waals surface area contributed by atoms with E-state index in [4.69, 9.17) is 16.7 Å². The lowest BCUT2D eigenvalue weighted by Gasteiger charge is -2.09. The monoisotopic (exact) mass is 306 g/mol. The maximum absolute atomic E-state index is 11.8. The van der Waals surface area contributed by atoms with Gasteiger partial charge >= 0.3 is 12.0 Å². The summed E-state index contributed by atoms with van der Waals surface area (Å²) in [6, 6.07) is 9.42. The SMILES string of the molecule is O=C(Nc1ccc(Cl)cc1)Nc1cc(C(=O)O)ccc1O. The Labute approximate surface area is 125 Å². The molecule has 0 spiro atoms. The van der Waals surface area contributed by atoms with Crippen LogP contribution in [0.5, 0.6) is 5.75 Å². The van der Waals surface area contributed by atoms with E-state index in [0.29, 0.717) is 10.7 Å². The number of carboxylic acid groups (broad SMARTS) is 1. The molecule has 0 aliphatic rings. The molecule has 0 saturated heterocycles. The summed E-state index contributed by atoms with van der Waals surface area (Å²) in [6.07, 6.45) is 0. The predicted molar refractivity (Wildman–Crippen MR) is 79.2 cm³/mol. The van der Waals surface area contributed by atoms with Crippen molar-refractivity contribution in [2.24, 2.45) is 0 Å². The van der Waals surface area contributed by atoms with Gasteiger partial charge in [0, 0.05) is 10.7 Å². The van der Waals surface area contributed by atoms with E-state index in [1.807, 2.05) is 0 Å². The van der Waals surface area contributed by atoms with Crippen molar-refractivity contribution < 1.29 is 19.8 Å². The van der Waals surface area contributed by atoms with Crippen molar-refractivity contribution in [1.29, 1.82) is 0 Å². The van der Waals surface area contributed by atoms with E-state index < -0.39 is 12.0 Å². The lowest BCUT2D eigenvalue weighted by molar-refractivity contribution is 0.0697. The number of carboxylic acids is 1. The van der Waals surface area contributed by atoms with Crippen LogP contribution < -0.4 is 10.6 Å². The van der Waals surface area contributed by atoms with Gasteiger partial charge in [0.25, 0.3) is 0 Å². The normalized spacial score (nSPS) is 9.95. The van der Waals surface area contributed by atoms with Crippen LogP contribution in [0.2, 0.25) is 5.02 Å². The Hall–Kier alpha value is -2.73. The van der Waals surface area contributed by atoms with E-state index >= 15 is 0 Å². The van der Waals surface area contributed by atoms with Crippen molar-refractivity contribution in [3.63, 3.8) is 0 Å². The number of carbonyl (C=O) groups is 2. The van der Waals surface area contributed by atoms with Crippen molar-refractivity contribution in [3.8, 4) is 5.75 Å². The van der Waals surface area contributed by atoms with Crippen LogP contribution in [0.1, 0.15) is 10.4 Å². The summed E-state index contributed by atoms with van der Waals surface area (Å²) in [5.74, 6) is -1.39. The van der Waals surface area contributed by atoms with Crippen LogP contribution in [0.3, 0.4) is 0 Å². The largest absolute Gasteiger partial charge is 0.506 e.